The molecule has 3 rings (SSSR count). The largest absolute Gasteiger partial charge is 0.508 e. The molecule has 5 nitrogen and oxygen atoms in total. The topological polar surface area (TPSA) is 87.0 Å². The number of carbonyl (C=O) groups is 1. The van der Waals surface area contributed by atoms with Crippen molar-refractivity contribution in [3.8, 4) is 23.0 Å². The third-order valence-corrected chi connectivity index (χ3v) is 3.38. The molecule has 0 spiro atoms. The van der Waals surface area contributed by atoms with Crippen LogP contribution in [0.5, 0.6) is 23.0 Å². The van der Waals surface area contributed by atoms with Crippen LogP contribution in [0.2, 0.25) is 0 Å². The molecule has 1 heterocycles. The number of benzene rings is 2. The van der Waals surface area contributed by atoms with Gasteiger partial charge >= 0.3 is 0 Å². The molecule has 1 aliphatic rings. The molecule has 5 heteroatoms. The first-order valence-corrected chi connectivity index (χ1v) is 6.27. The summed E-state index contributed by atoms with van der Waals surface area (Å²) in [5.74, 6) is -1.08. The average molecular weight is 284 g/mol. The minimum atomic E-state index is -0.459. The second-order valence-corrected chi connectivity index (χ2v) is 4.75. The summed E-state index contributed by atoms with van der Waals surface area (Å²) in [6, 6.07) is 9.07. The quantitative estimate of drug-likeness (QED) is 0.553. The summed E-state index contributed by atoms with van der Waals surface area (Å²) in [5, 5.41) is 28.7. The molecule has 106 valence electrons. The molecule has 0 radical (unpaired) electrons. The SMILES string of the molecule is CC(=C1Oc2c(ccc(O)c2O)C1=O)c1cccc(O)c1. The van der Waals surface area contributed by atoms with Gasteiger partial charge in [-0.1, -0.05) is 12.1 Å². The third-order valence-electron chi connectivity index (χ3n) is 3.38. The molecule has 0 fully saturated rings. The number of ketones is 1. The van der Waals surface area contributed by atoms with Gasteiger partial charge in [0, 0.05) is 5.57 Å². The summed E-state index contributed by atoms with van der Waals surface area (Å²) in [6.45, 7) is 1.69. The van der Waals surface area contributed by atoms with Crippen LogP contribution in [0.25, 0.3) is 5.57 Å². The number of carbonyl (C=O) groups excluding carboxylic acids is 1. The van der Waals surface area contributed by atoms with E-state index in [0.717, 1.165) is 0 Å². The second kappa shape index (κ2) is 4.56. The highest BCUT2D eigenvalue weighted by Gasteiger charge is 2.33. The number of Topliss-reactive ketones (excluding diaryl/α,β-unsaturated/α-hetero) is 1. The third kappa shape index (κ3) is 1.99. The highest BCUT2D eigenvalue weighted by molar-refractivity contribution is 6.16. The van der Waals surface area contributed by atoms with Crippen molar-refractivity contribution in [3.05, 3.63) is 53.3 Å². The van der Waals surface area contributed by atoms with Crippen molar-refractivity contribution in [1.82, 2.24) is 0 Å². The Morgan fingerprint density at radius 2 is 1.86 bits per heavy atom. The van der Waals surface area contributed by atoms with E-state index < -0.39 is 5.75 Å². The monoisotopic (exact) mass is 284 g/mol. The summed E-state index contributed by atoms with van der Waals surface area (Å²) in [7, 11) is 0. The summed E-state index contributed by atoms with van der Waals surface area (Å²) >= 11 is 0. The highest BCUT2D eigenvalue weighted by atomic mass is 16.5. The molecule has 0 atom stereocenters. The lowest BCUT2D eigenvalue weighted by molar-refractivity contribution is 0.101. The van der Waals surface area contributed by atoms with Gasteiger partial charge < -0.3 is 20.1 Å². The van der Waals surface area contributed by atoms with Crippen LogP contribution in [0, 0.1) is 0 Å². The number of ether oxygens (including phenoxy) is 1. The molecular formula is C16H12O5. The van der Waals surface area contributed by atoms with Gasteiger partial charge in [0.2, 0.25) is 11.5 Å². The van der Waals surface area contributed by atoms with Gasteiger partial charge in [-0.05, 0) is 36.8 Å². The van der Waals surface area contributed by atoms with E-state index in [9.17, 15) is 20.1 Å². The maximum absolute atomic E-state index is 12.3. The first-order chi connectivity index (χ1) is 9.99. The fourth-order valence-corrected chi connectivity index (χ4v) is 2.23. The number of allylic oxidation sites excluding steroid dienone is 2. The predicted molar refractivity (Wildman–Crippen MR) is 75.4 cm³/mol. The standard InChI is InChI=1S/C16H12O5/c1-8(9-3-2-4-10(17)7-9)15-13(19)11-5-6-12(18)14(20)16(11)21-15/h2-7,17-18,20H,1H3. The van der Waals surface area contributed by atoms with E-state index in [2.05, 4.69) is 0 Å². The Balaban J connectivity index is 2.12. The molecule has 0 unspecified atom stereocenters. The average Bonchev–Trinajstić information content (AvgIpc) is 2.80. The Morgan fingerprint density at radius 1 is 1.10 bits per heavy atom. The number of hydrogen-bond acceptors (Lipinski definition) is 5. The molecular weight excluding hydrogens is 272 g/mol. The number of phenolic OH excluding ortho intramolecular Hbond substituents is 3. The number of phenols is 3. The summed E-state index contributed by atoms with van der Waals surface area (Å²) in [5.41, 5.74) is 1.36. The normalized spacial score (nSPS) is 15.6. The first-order valence-electron chi connectivity index (χ1n) is 6.27. The molecule has 0 aromatic heterocycles. The fraction of sp³-hybridized carbons (Fsp3) is 0.0625. The number of hydrogen-bond donors (Lipinski definition) is 3. The van der Waals surface area contributed by atoms with E-state index in [4.69, 9.17) is 4.74 Å². The molecule has 1 aliphatic heterocycles. The lowest BCUT2D eigenvalue weighted by atomic mass is 10.0. The minimum Gasteiger partial charge on any atom is -0.508 e. The summed E-state index contributed by atoms with van der Waals surface area (Å²) in [6.07, 6.45) is 0. The van der Waals surface area contributed by atoms with Crippen molar-refractivity contribution in [3.63, 3.8) is 0 Å². The van der Waals surface area contributed by atoms with Crippen LogP contribution < -0.4 is 4.74 Å². The molecule has 21 heavy (non-hydrogen) atoms. The second-order valence-electron chi connectivity index (χ2n) is 4.75. The molecule has 3 N–H and O–H groups in total. The molecule has 0 bridgehead atoms. The highest BCUT2D eigenvalue weighted by Crippen LogP contribution is 2.45. The number of rotatable bonds is 1. The first kappa shape index (κ1) is 13.1. The zero-order chi connectivity index (χ0) is 15.1. The maximum atomic E-state index is 12.3. The number of aromatic hydroxyl groups is 3. The van der Waals surface area contributed by atoms with Crippen LogP contribution in [-0.4, -0.2) is 21.1 Å². The van der Waals surface area contributed by atoms with Crippen molar-refractivity contribution < 1.29 is 24.9 Å². The fourth-order valence-electron chi connectivity index (χ4n) is 2.23. The van der Waals surface area contributed by atoms with Gasteiger partial charge in [-0.2, -0.15) is 0 Å². The van der Waals surface area contributed by atoms with E-state index in [0.29, 0.717) is 11.1 Å². The van der Waals surface area contributed by atoms with Crippen LogP contribution in [0.15, 0.2) is 42.2 Å². The van der Waals surface area contributed by atoms with Crippen molar-refractivity contribution in [2.75, 3.05) is 0 Å². The molecule has 0 amide bonds. The van der Waals surface area contributed by atoms with Gasteiger partial charge in [-0.25, -0.2) is 0 Å². The lowest BCUT2D eigenvalue weighted by Crippen LogP contribution is -2.01. The van der Waals surface area contributed by atoms with Gasteiger partial charge in [0.1, 0.15) is 5.75 Å². The smallest absolute Gasteiger partial charge is 0.232 e. The molecule has 2 aromatic carbocycles. The van der Waals surface area contributed by atoms with Gasteiger partial charge in [0.15, 0.2) is 17.3 Å². The van der Waals surface area contributed by atoms with E-state index in [-0.39, 0.29) is 34.4 Å². The zero-order valence-electron chi connectivity index (χ0n) is 11.1. The Kier molecular flexibility index (Phi) is 2.83. The predicted octanol–water partition coefficient (Wildman–Crippen LogP) is 2.81. The van der Waals surface area contributed by atoms with Gasteiger partial charge in [0.05, 0.1) is 5.56 Å². The lowest BCUT2D eigenvalue weighted by Gasteiger charge is -2.06. The molecule has 0 aliphatic carbocycles. The molecule has 0 saturated carbocycles. The Bertz CT molecular complexity index is 789. The van der Waals surface area contributed by atoms with Gasteiger partial charge in [0.25, 0.3) is 0 Å². The Morgan fingerprint density at radius 3 is 2.57 bits per heavy atom. The van der Waals surface area contributed by atoms with Gasteiger partial charge in [-0.15, -0.1) is 0 Å². The van der Waals surface area contributed by atoms with Gasteiger partial charge in [-0.3, -0.25) is 4.79 Å². The van der Waals surface area contributed by atoms with Crippen LogP contribution in [0.1, 0.15) is 22.8 Å². The van der Waals surface area contributed by atoms with E-state index in [1.807, 2.05) is 0 Å². The van der Waals surface area contributed by atoms with E-state index in [1.54, 1.807) is 19.1 Å². The Labute approximate surface area is 120 Å². The Hall–Kier alpha value is -2.95. The summed E-state index contributed by atoms with van der Waals surface area (Å²) in [4.78, 5) is 12.3. The summed E-state index contributed by atoms with van der Waals surface area (Å²) < 4.78 is 5.43. The van der Waals surface area contributed by atoms with Crippen LogP contribution in [0.4, 0.5) is 0 Å². The van der Waals surface area contributed by atoms with Crippen molar-refractivity contribution >= 4 is 11.4 Å². The van der Waals surface area contributed by atoms with Crippen molar-refractivity contribution in [2.45, 2.75) is 6.92 Å². The number of fused-ring (bicyclic) bond motifs is 1. The van der Waals surface area contributed by atoms with Crippen molar-refractivity contribution in [2.24, 2.45) is 0 Å². The molecule has 2 aromatic rings. The van der Waals surface area contributed by atoms with E-state index >= 15 is 0 Å². The van der Waals surface area contributed by atoms with E-state index in [1.165, 1.54) is 24.3 Å². The maximum Gasteiger partial charge on any atom is 0.232 e. The minimum absolute atomic E-state index is 0.0468. The van der Waals surface area contributed by atoms with Crippen LogP contribution >= 0.6 is 0 Å². The van der Waals surface area contributed by atoms with Crippen LogP contribution in [-0.2, 0) is 0 Å². The zero-order valence-corrected chi connectivity index (χ0v) is 11.1. The van der Waals surface area contributed by atoms with Crippen LogP contribution in [0.3, 0.4) is 0 Å². The molecule has 0 saturated heterocycles. The van der Waals surface area contributed by atoms with Crippen molar-refractivity contribution in [1.29, 1.82) is 0 Å².